The number of hydrogen-bond donors (Lipinski definition) is 1. The number of sulfonamides is 1. The van der Waals surface area contributed by atoms with E-state index in [-0.39, 0.29) is 10.6 Å². The highest BCUT2D eigenvalue weighted by Crippen LogP contribution is 2.24. The Labute approximate surface area is 131 Å². The summed E-state index contributed by atoms with van der Waals surface area (Å²) in [7, 11) is -3.95. The molecular formula is C14H13FN2O5S. The molecule has 0 aliphatic rings. The van der Waals surface area contributed by atoms with Gasteiger partial charge in [-0.15, -0.1) is 0 Å². The largest absolute Gasteiger partial charge is 0.494 e. The minimum Gasteiger partial charge on any atom is -0.494 e. The molecule has 0 atom stereocenters. The van der Waals surface area contributed by atoms with Crippen molar-refractivity contribution in [3.05, 3.63) is 58.4 Å². The summed E-state index contributed by atoms with van der Waals surface area (Å²) in [5.74, 6) is -0.525. The quantitative estimate of drug-likeness (QED) is 0.644. The fourth-order valence-corrected chi connectivity index (χ4v) is 2.86. The molecule has 0 saturated heterocycles. The maximum atomic E-state index is 13.3. The number of benzene rings is 2. The minimum absolute atomic E-state index is 0.0482. The van der Waals surface area contributed by atoms with E-state index in [0.29, 0.717) is 12.4 Å². The van der Waals surface area contributed by atoms with Crippen molar-refractivity contribution in [2.45, 2.75) is 11.8 Å². The Bertz CT molecular complexity index is 822. The number of rotatable bonds is 6. The predicted octanol–water partition coefficient (Wildman–Crippen LogP) is 2.93. The van der Waals surface area contributed by atoms with Crippen LogP contribution in [0.4, 0.5) is 15.8 Å². The Morgan fingerprint density at radius 3 is 2.43 bits per heavy atom. The molecule has 1 N–H and O–H groups in total. The predicted molar refractivity (Wildman–Crippen MR) is 81.5 cm³/mol. The van der Waals surface area contributed by atoms with Crippen LogP contribution in [-0.4, -0.2) is 19.9 Å². The monoisotopic (exact) mass is 340 g/mol. The molecular weight excluding hydrogens is 327 g/mol. The number of nitrogens with zero attached hydrogens (tertiary/aromatic N) is 1. The Morgan fingerprint density at radius 1 is 1.22 bits per heavy atom. The molecule has 122 valence electrons. The normalized spacial score (nSPS) is 11.0. The Balaban J connectivity index is 2.27. The van der Waals surface area contributed by atoms with Gasteiger partial charge in [-0.2, -0.15) is 4.39 Å². The van der Waals surface area contributed by atoms with Gasteiger partial charge in [0.15, 0.2) is 0 Å². The average molecular weight is 340 g/mol. The van der Waals surface area contributed by atoms with Crippen molar-refractivity contribution in [2.75, 3.05) is 11.3 Å². The lowest BCUT2D eigenvalue weighted by atomic mass is 10.3. The molecule has 0 aliphatic carbocycles. The Kier molecular flexibility index (Phi) is 4.80. The first kappa shape index (κ1) is 16.7. The smallest absolute Gasteiger partial charge is 0.306 e. The molecule has 2 aromatic rings. The van der Waals surface area contributed by atoms with Gasteiger partial charge in [0.1, 0.15) is 5.75 Å². The molecule has 0 saturated carbocycles. The maximum Gasteiger partial charge on any atom is 0.306 e. The summed E-state index contributed by atoms with van der Waals surface area (Å²) in [6.45, 7) is 2.25. The lowest BCUT2D eigenvalue weighted by Gasteiger charge is -2.09. The van der Waals surface area contributed by atoms with Crippen molar-refractivity contribution >= 4 is 21.4 Å². The van der Waals surface area contributed by atoms with E-state index < -0.39 is 26.5 Å². The zero-order valence-electron chi connectivity index (χ0n) is 12.0. The van der Waals surface area contributed by atoms with Gasteiger partial charge in [0.25, 0.3) is 10.0 Å². The molecule has 2 aromatic carbocycles. The van der Waals surface area contributed by atoms with Crippen LogP contribution in [0.25, 0.3) is 0 Å². The lowest BCUT2D eigenvalue weighted by molar-refractivity contribution is -0.387. The van der Waals surface area contributed by atoms with E-state index in [2.05, 4.69) is 4.72 Å². The SMILES string of the molecule is CCOc1ccc(S(=O)(=O)Nc2ccc(F)c([N+](=O)[O-])c2)cc1. The van der Waals surface area contributed by atoms with E-state index in [0.717, 1.165) is 18.2 Å². The first-order chi connectivity index (χ1) is 10.8. The molecule has 7 nitrogen and oxygen atoms in total. The van der Waals surface area contributed by atoms with Crippen LogP contribution in [0.3, 0.4) is 0 Å². The van der Waals surface area contributed by atoms with Crippen molar-refractivity contribution in [1.82, 2.24) is 0 Å². The number of hydrogen-bond acceptors (Lipinski definition) is 5. The van der Waals surface area contributed by atoms with Crippen LogP contribution in [-0.2, 0) is 10.0 Å². The molecule has 9 heteroatoms. The molecule has 0 heterocycles. The van der Waals surface area contributed by atoms with Crippen molar-refractivity contribution in [2.24, 2.45) is 0 Å². The van der Waals surface area contributed by atoms with Gasteiger partial charge >= 0.3 is 5.69 Å². The summed E-state index contributed by atoms with van der Waals surface area (Å²) < 4.78 is 45.1. The third kappa shape index (κ3) is 3.95. The van der Waals surface area contributed by atoms with Crippen LogP contribution in [0.2, 0.25) is 0 Å². The number of ether oxygens (including phenoxy) is 1. The second-order valence-electron chi connectivity index (χ2n) is 4.43. The van der Waals surface area contributed by atoms with Crippen molar-refractivity contribution in [3.8, 4) is 5.75 Å². The van der Waals surface area contributed by atoms with E-state index in [1.165, 1.54) is 24.3 Å². The van der Waals surface area contributed by atoms with E-state index in [1.807, 2.05) is 0 Å². The van der Waals surface area contributed by atoms with E-state index in [9.17, 15) is 22.9 Å². The highest BCUT2D eigenvalue weighted by Gasteiger charge is 2.19. The van der Waals surface area contributed by atoms with Gasteiger partial charge < -0.3 is 4.74 Å². The number of nitro benzene ring substituents is 1. The van der Waals surface area contributed by atoms with E-state index in [4.69, 9.17) is 4.74 Å². The molecule has 0 aromatic heterocycles. The molecule has 0 amide bonds. The minimum atomic E-state index is -3.95. The van der Waals surface area contributed by atoms with Crippen LogP contribution >= 0.6 is 0 Å². The summed E-state index contributed by atoms with van der Waals surface area (Å²) in [5, 5.41) is 10.7. The molecule has 0 fully saturated rings. The second kappa shape index (κ2) is 6.61. The summed E-state index contributed by atoms with van der Waals surface area (Å²) in [6.07, 6.45) is 0. The van der Waals surface area contributed by atoms with Crippen LogP contribution in [0.15, 0.2) is 47.4 Å². The fraction of sp³-hybridized carbons (Fsp3) is 0.143. The third-order valence-corrected chi connectivity index (χ3v) is 4.24. The first-order valence-corrected chi connectivity index (χ1v) is 8.01. The van der Waals surface area contributed by atoms with Gasteiger partial charge in [0, 0.05) is 6.07 Å². The molecule has 0 aliphatic heterocycles. The Morgan fingerprint density at radius 2 is 1.87 bits per heavy atom. The van der Waals surface area contributed by atoms with Crippen LogP contribution in [0, 0.1) is 15.9 Å². The summed E-state index contributed by atoms with van der Waals surface area (Å²) in [5.41, 5.74) is -0.913. The maximum absolute atomic E-state index is 13.3. The number of halogens is 1. The van der Waals surface area contributed by atoms with Crippen molar-refractivity contribution in [1.29, 1.82) is 0 Å². The van der Waals surface area contributed by atoms with Crippen LogP contribution < -0.4 is 9.46 Å². The second-order valence-corrected chi connectivity index (χ2v) is 6.12. The number of nitrogens with one attached hydrogen (secondary N) is 1. The highest BCUT2D eigenvalue weighted by atomic mass is 32.2. The zero-order valence-corrected chi connectivity index (χ0v) is 12.8. The van der Waals surface area contributed by atoms with Gasteiger partial charge in [-0.1, -0.05) is 0 Å². The fourth-order valence-electron chi connectivity index (χ4n) is 1.81. The third-order valence-electron chi connectivity index (χ3n) is 2.84. The highest BCUT2D eigenvalue weighted by molar-refractivity contribution is 7.92. The van der Waals surface area contributed by atoms with Crippen molar-refractivity contribution in [3.63, 3.8) is 0 Å². The molecule has 0 radical (unpaired) electrons. The first-order valence-electron chi connectivity index (χ1n) is 6.53. The van der Waals surface area contributed by atoms with Gasteiger partial charge in [-0.25, -0.2) is 8.42 Å². The van der Waals surface area contributed by atoms with Gasteiger partial charge in [-0.05, 0) is 43.3 Å². The summed E-state index contributed by atoms with van der Waals surface area (Å²) in [4.78, 5) is 9.71. The van der Waals surface area contributed by atoms with Gasteiger partial charge in [0.05, 0.1) is 22.1 Å². The van der Waals surface area contributed by atoms with Crippen LogP contribution in [0.5, 0.6) is 5.75 Å². The van der Waals surface area contributed by atoms with Gasteiger partial charge in [0.2, 0.25) is 5.82 Å². The lowest BCUT2D eigenvalue weighted by Crippen LogP contribution is -2.13. The van der Waals surface area contributed by atoms with E-state index in [1.54, 1.807) is 6.92 Å². The zero-order chi connectivity index (χ0) is 17.0. The van der Waals surface area contributed by atoms with Gasteiger partial charge in [-0.3, -0.25) is 14.8 Å². The van der Waals surface area contributed by atoms with Crippen LogP contribution in [0.1, 0.15) is 6.92 Å². The van der Waals surface area contributed by atoms with Crippen molar-refractivity contribution < 1.29 is 22.5 Å². The number of nitro groups is 1. The average Bonchev–Trinajstić information content (AvgIpc) is 2.49. The molecule has 0 spiro atoms. The molecule has 0 unspecified atom stereocenters. The summed E-state index contributed by atoms with van der Waals surface area (Å²) in [6, 6.07) is 8.41. The molecule has 2 rings (SSSR count). The number of anilines is 1. The van der Waals surface area contributed by atoms with E-state index >= 15 is 0 Å². The molecule has 23 heavy (non-hydrogen) atoms. The summed E-state index contributed by atoms with van der Waals surface area (Å²) >= 11 is 0. The Hall–Kier alpha value is -2.68. The molecule has 0 bridgehead atoms. The standard InChI is InChI=1S/C14H13FN2O5S/c1-2-22-11-4-6-12(7-5-11)23(20,21)16-10-3-8-13(15)14(9-10)17(18)19/h3-9,16H,2H2,1H3. The topological polar surface area (TPSA) is 98.5 Å².